The molecule has 0 aliphatic rings. The fourth-order valence-electron chi connectivity index (χ4n) is 1.58. The quantitative estimate of drug-likeness (QED) is 0.577. The topological polar surface area (TPSA) is 73.6 Å². The van der Waals surface area contributed by atoms with Crippen LogP contribution in [0.4, 0.5) is 0 Å². The second-order valence-corrected chi connectivity index (χ2v) is 3.87. The molecule has 4 nitrogen and oxygen atoms in total. The van der Waals surface area contributed by atoms with Crippen molar-refractivity contribution in [3.63, 3.8) is 0 Å². The number of pyridine rings is 1. The second kappa shape index (κ2) is 5.73. The molecule has 0 amide bonds. The minimum Gasteiger partial charge on any atom is -0.508 e. The van der Waals surface area contributed by atoms with Crippen molar-refractivity contribution in [2.45, 2.75) is 0 Å². The van der Waals surface area contributed by atoms with Crippen molar-refractivity contribution in [3.05, 3.63) is 60.8 Å². The smallest absolute Gasteiger partial charge is 0.141 e. The lowest BCUT2D eigenvalue weighted by Gasteiger charge is -1.96. The largest absolute Gasteiger partial charge is 0.508 e. The molecule has 2 aromatic carbocycles. The van der Waals surface area contributed by atoms with E-state index in [2.05, 4.69) is 4.98 Å². The third kappa shape index (κ3) is 3.35. The molecule has 0 unspecified atom stereocenters. The maximum absolute atomic E-state index is 9.31. The fourth-order valence-corrected chi connectivity index (χ4v) is 1.58. The van der Waals surface area contributed by atoms with Gasteiger partial charge in [-0.2, -0.15) is 0 Å². The van der Waals surface area contributed by atoms with Crippen molar-refractivity contribution in [1.82, 2.24) is 4.98 Å². The molecular weight excluding hydrogens is 242 g/mol. The van der Waals surface area contributed by atoms with E-state index in [9.17, 15) is 5.11 Å². The lowest BCUT2D eigenvalue weighted by atomic mass is 10.2. The van der Waals surface area contributed by atoms with Crippen molar-refractivity contribution in [2.75, 3.05) is 0 Å². The van der Waals surface area contributed by atoms with Crippen LogP contribution in [0.3, 0.4) is 0 Å². The second-order valence-electron chi connectivity index (χ2n) is 3.87. The molecule has 3 N–H and O–H groups in total. The first-order chi connectivity index (χ1) is 9.16. The first kappa shape index (κ1) is 12.7. The van der Waals surface area contributed by atoms with Crippen LogP contribution in [0.1, 0.15) is 0 Å². The lowest BCUT2D eigenvalue weighted by Crippen LogP contribution is -1.76. The molecule has 19 heavy (non-hydrogen) atoms. The number of rotatable bonds is 0. The van der Waals surface area contributed by atoms with E-state index in [1.165, 1.54) is 18.2 Å². The van der Waals surface area contributed by atoms with Crippen LogP contribution in [0, 0.1) is 0 Å². The fraction of sp³-hybridized carbons (Fsp3) is 0. The highest BCUT2D eigenvalue weighted by Gasteiger charge is 1.96. The Morgan fingerprint density at radius 2 is 1.37 bits per heavy atom. The van der Waals surface area contributed by atoms with E-state index >= 15 is 0 Å². The van der Waals surface area contributed by atoms with Gasteiger partial charge < -0.3 is 15.3 Å². The number of benzene rings is 2. The van der Waals surface area contributed by atoms with Crippen molar-refractivity contribution in [2.24, 2.45) is 0 Å². The number of hydrogen-bond donors (Lipinski definition) is 3. The minimum absolute atomic E-state index is 0.0880. The minimum atomic E-state index is 0.0880. The molecule has 0 bridgehead atoms. The molecule has 0 radical (unpaired) electrons. The average Bonchev–Trinajstić information content (AvgIpc) is 2.40. The summed E-state index contributed by atoms with van der Waals surface area (Å²) < 4.78 is 0. The summed E-state index contributed by atoms with van der Waals surface area (Å²) in [5.74, 6) is 0.415. The molecule has 4 heteroatoms. The summed E-state index contributed by atoms with van der Waals surface area (Å²) in [7, 11) is 0. The van der Waals surface area contributed by atoms with Crippen LogP contribution in [0.25, 0.3) is 10.9 Å². The van der Waals surface area contributed by atoms with E-state index in [4.69, 9.17) is 10.2 Å². The summed E-state index contributed by atoms with van der Waals surface area (Å²) in [6, 6.07) is 15.0. The summed E-state index contributed by atoms with van der Waals surface area (Å²) in [6.07, 6.45) is 1.67. The van der Waals surface area contributed by atoms with E-state index in [1.807, 2.05) is 18.2 Å². The molecule has 0 aliphatic heterocycles. The normalized spacial score (nSPS) is 9.68. The van der Waals surface area contributed by atoms with Crippen LogP contribution < -0.4 is 0 Å². The molecule has 0 aliphatic carbocycles. The van der Waals surface area contributed by atoms with Crippen LogP contribution in [0.15, 0.2) is 60.8 Å². The predicted molar refractivity (Wildman–Crippen MR) is 73.2 cm³/mol. The van der Waals surface area contributed by atoms with Gasteiger partial charge in [-0.1, -0.05) is 24.3 Å². The van der Waals surface area contributed by atoms with Gasteiger partial charge in [-0.3, -0.25) is 4.98 Å². The number of aromatic hydroxyl groups is 3. The number of phenols is 3. The van der Waals surface area contributed by atoms with Crippen molar-refractivity contribution in [1.29, 1.82) is 0 Å². The standard InChI is InChI=1S/C9H7NO.C6H6O2/c11-8-5-1-3-7-4-2-6-10-9(7)8;7-5-2-1-3-6(8)4-5/h1-6,11H;1-4,7-8H. The molecule has 0 fully saturated rings. The van der Waals surface area contributed by atoms with Gasteiger partial charge in [-0.05, 0) is 24.3 Å². The van der Waals surface area contributed by atoms with Gasteiger partial charge in [0.15, 0.2) is 0 Å². The van der Waals surface area contributed by atoms with Gasteiger partial charge in [0.25, 0.3) is 0 Å². The maximum atomic E-state index is 9.31. The Balaban J connectivity index is 0.000000148. The summed E-state index contributed by atoms with van der Waals surface area (Å²) in [5.41, 5.74) is 0.662. The molecule has 1 heterocycles. The maximum Gasteiger partial charge on any atom is 0.141 e. The molecule has 0 saturated carbocycles. The number of hydrogen-bond acceptors (Lipinski definition) is 4. The predicted octanol–water partition coefficient (Wildman–Crippen LogP) is 3.04. The number of nitrogens with zero attached hydrogens (tertiary/aromatic N) is 1. The third-order valence-corrected chi connectivity index (χ3v) is 2.44. The van der Waals surface area contributed by atoms with Gasteiger partial charge in [0, 0.05) is 17.6 Å². The molecular formula is C15H13NO3. The Kier molecular flexibility index (Phi) is 3.83. The number of para-hydroxylation sites is 1. The molecule has 0 saturated heterocycles. The molecule has 96 valence electrons. The van der Waals surface area contributed by atoms with Gasteiger partial charge in [-0.25, -0.2) is 0 Å². The number of aromatic nitrogens is 1. The van der Waals surface area contributed by atoms with E-state index in [0.29, 0.717) is 5.52 Å². The van der Waals surface area contributed by atoms with E-state index in [0.717, 1.165) is 5.39 Å². The van der Waals surface area contributed by atoms with E-state index in [-0.39, 0.29) is 17.2 Å². The zero-order valence-electron chi connectivity index (χ0n) is 10.1. The molecule has 3 rings (SSSR count). The Morgan fingerprint density at radius 3 is 1.95 bits per heavy atom. The zero-order chi connectivity index (χ0) is 13.7. The van der Waals surface area contributed by atoms with Crippen LogP contribution in [-0.4, -0.2) is 20.3 Å². The van der Waals surface area contributed by atoms with Crippen LogP contribution in [0.2, 0.25) is 0 Å². The van der Waals surface area contributed by atoms with Gasteiger partial charge in [-0.15, -0.1) is 0 Å². The van der Waals surface area contributed by atoms with Gasteiger partial charge in [0.2, 0.25) is 0 Å². The first-order valence-corrected chi connectivity index (χ1v) is 5.67. The Hall–Kier alpha value is -2.75. The summed E-state index contributed by atoms with van der Waals surface area (Å²) in [6.45, 7) is 0. The Morgan fingerprint density at radius 1 is 0.737 bits per heavy atom. The van der Waals surface area contributed by atoms with Gasteiger partial charge in [0.05, 0.1) is 0 Å². The van der Waals surface area contributed by atoms with Crippen molar-refractivity contribution in [3.8, 4) is 17.2 Å². The average molecular weight is 255 g/mol. The number of phenolic OH excluding ortho intramolecular Hbond substituents is 3. The number of fused-ring (bicyclic) bond motifs is 1. The summed E-state index contributed by atoms with van der Waals surface area (Å²) >= 11 is 0. The first-order valence-electron chi connectivity index (χ1n) is 5.67. The van der Waals surface area contributed by atoms with Gasteiger partial charge >= 0.3 is 0 Å². The van der Waals surface area contributed by atoms with Crippen molar-refractivity contribution >= 4 is 10.9 Å². The monoisotopic (exact) mass is 255 g/mol. The molecule has 0 spiro atoms. The lowest BCUT2D eigenvalue weighted by molar-refractivity contribution is 0.450. The molecule has 0 atom stereocenters. The SMILES string of the molecule is Oc1cccc(O)c1.Oc1cccc2cccnc12. The van der Waals surface area contributed by atoms with Crippen LogP contribution in [0.5, 0.6) is 17.2 Å². The van der Waals surface area contributed by atoms with Crippen LogP contribution in [-0.2, 0) is 0 Å². The van der Waals surface area contributed by atoms with Gasteiger partial charge in [0.1, 0.15) is 22.8 Å². The third-order valence-electron chi connectivity index (χ3n) is 2.44. The summed E-state index contributed by atoms with van der Waals surface area (Å²) in [5, 5.41) is 27.6. The Bertz CT molecular complexity index is 660. The van der Waals surface area contributed by atoms with E-state index in [1.54, 1.807) is 24.4 Å². The zero-order valence-corrected chi connectivity index (χ0v) is 10.1. The van der Waals surface area contributed by atoms with Crippen LogP contribution >= 0.6 is 0 Å². The highest BCUT2D eigenvalue weighted by Crippen LogP contribution is 2.20. The highest BCUT2D eigenvalue weighted by molar-refractivity contribution is 5.83. The highest BCUT2D eigenvalue weighted by atomic mass is 16.3. The summed E-state index contributed by atoms with van der Waals surface area (Å²) in [4.78, 5) is 4.03. The Labute approximate surface area is 110 Å². The molecule has 3 aromatic rings. The van der Waals surface area contributed by atoms with Crippen molar-refractivity contribution < 1.29 is 15.3 Å². The van der Waals surface area contributed by atoms with E-state index < -0.39 is 0 Å². The molecule has 1 aromatic heterocycles.